The summed E-state index contributed by atoms with van der Waals surface area (Å²) in [7, 11) is 0. The minimum Gasteiger partial charge on any atom is -0.484 e. The summed E-state index contributed by atoms with van der Waals surface area (Å²) >= 11 is 0. The molecule has 102 valence electrons. The minimum atomic E-state index is -0.313. The molecular formula is C15H15N3O2. The van der Waals surface area contributed by atoms with Crippen molar-refractivity contribution in [2.75, 3.05) is 6.61 Å². The van der Waals surface area contributed by atoms with Crippen LogP contribution in [-0.4, -0.2) is 23.7 Å². The van der Waals surface area contributed by atoms with Gasteiger partial charge in [0.25, 0.3) is 5.91 Å². The molecule has 0 atom stereocenters. The molecule has 1 amide bonds. The van der Waals surface area contributed by atoms with Crippen LogP contribution in [0.5, 0.6) is 5.75 Å². The van der Waals surface area contributed by atoms with Gasteiger partial charge >= 0.3 is 0 Å². The van der Waals surface area contributed by atoms with Crippen LogP contribution in [0.2, 0.25) is 0 Å². The van der Waals surface area contributed by atoms with Gasteiger partial charge in [0, 0.05) is 18.0 Å². The van der Waals surface area contributed by atoms with E-state index in [2.05, 4.69) is 15.5 Å². The van der Waals surface area contributed by atoms with Crippen LogP contribution in [0.15, 0.2) is 53.9 Å². The second kappa shape index (κ2) is 7.04. The first-order valence-corrected chi connectivity index (χ1v) is 6.15. The van der Waals surface area contributed by atoms with Crippen molar-refractivity contribution >= 4 is 12.1 Å². The number of pyridine rings is 1. The van der Waals surface area contributed by atoms with Gasteiger partial charge in [0.05, 0.1) is 6.21 Å². The van der Waals surface area contributed by atoms with E-state index in [-0.39, 0.29) is 12.5 Å². The molecule has 0 saturated carbocycles. The fourth-order valence-electron chi connectivity index (χ4n) is 1.52. The summed E-state index contributed by atoms with van der Waals surface area (Å²) in [6.45, 7) is 1.89. The third kappa shape index (κ3) is 4.53. The fourth-order valence-corrected chi connectivity index (χ4v) is 1.52. The zero-order valence-corrected chi connectivity index (χ0v) is 11.1. The summed E-state index contributed by atoms with van der Waals surface area (Å²) in [6.07, 6.45) is 4.85. The molecule has 0 bridgehead atoms. The smallest absolute Gasteiger partial charge is 0.277 e. The summed E-state index contributed by atoms with van der Waals surface area (Å²) in [6, 6.07) is 11.1. The van der Waals surface area contributed by atoms with Crippen molar-refractivity contribution in [3.63, 3.8) is 0 Å². The van der Waals surface area contributed by atoms with E-state index < -0.39 is 0 Å². The standard InChI is InChI=1S/C15H15N3O2/c1-12-4-2-6-14(8-12)20-11-15(19)18-17-10-13-5-3-7-16-9-13/h2-10H,11H2,1H3,(H,18,19). The van der Waals surface area contributed by atoms with Crippen molar-refractivity contribution in [3.05, 3.63) is 59.9 Å². The van der Waals surface area contributed by atoms with Crippen molar-refractivity contribution in [2.45, 2.75) is 6.92 Å². The molecule has 2 aromatic rings. The first kappa shape index (κ1) is 13.7. The number of rotatable bonds is 5. The summed E-state index contributed by atoms with van der Waals surface area (Å²) in [5.74, 6) is 0.350. The second-order valence-electron chi connectivity index (χ2n) is 4.18. The molecule has 0 unspecified atom stereocenters. The van der Waals surface area contributed by atoms with Gasteiger partial charge in [-0.15, -0.1) is 0 Å². The summed E-state index contributed by atoms with van der Waals surface area (Å²) < 4.78 is 5.35. The zero-order valence-electron chi connectivity index (χ0n) is 11.1. The lowest BCUT2D eigenvalue weighted by Gasteiger charge is -2.05. The summed E-state index contributed by atoms with van der Waals surface area (Å²) in [4.78, 5) is 15.5. The molecule has 1 heterocycles. The number of carbonyl (C=O) groups is 1. The van der Waals surface area contributed by atoms with E-state index in [1.807, 2.05) is 31.2 Å². The number of amides is 1. The molecule has 1 N–H and O–H groups in total. The molecule has 0 saturated heterocycles. The molecule has 20 heavy (non-hydrogen) atoms. The quantitative estimate of drug-likeness (QED) is 0.666. The Morgan fingerprint density at radius 1 is 1.40 bits per heavy atom. The zero-order chi connectivity index (χ0) is 14.2. The number of hydrogen-bond acceptors (Lipinski definition) is 4. The van der Waals surface area contributed by atoms with E-state index in [0.717, 1.165) is 11.1 Å². The maximum absolute atomic E-state index is 11.5. The van der Waals surface area contributed by atoms with E-state index in [1.165, 1.54) is 6.21 Å². The monoisotopic (exact) mass is 269 g/mol. The van der Waals surface area contributed by atoms with Crippen molar-refractivity contribution < 1.29 is 9.53 Å². The van der Waals surface area contributed by atoms with Gasteiger partial charge in [0.15, 0.2) is 6.61 Å². The van der Waals surface area contributed by atoms with E-state index in [0.29, 0.717) is 5.75 Å². The topological polar surface area (TPSA) is 63.6 Å². The third-order valence-corrected chi connectivity index (χ3v) is 2.45. The first-order chi connectivity index (χ1) is 9.74. The Morgan fingerprint density at radius 2 is 2.30 bits per heavy atom. The molecule has 0 aliphatic heterocycles. The van der Waals surface area contributed by atoms with Gasteiger partial charge in [0.1, 0.15) is 5.75 Å². The predicted molar refractivity (Wildman–Crippen MR) is 76.6 cm³/mol. The highest BCUT2D eigenvalue weighted by Crippen LogP contribution is 2.11. The van der Waals surface area contributed by atoms with E-state index >= 15 is 0 Å². The Bertz CT molecular complexity index is 597. The van der Waals surface area contributed by atoms with Crippen molar-refractivity contribution in [1.29, 1.82) is 0 Å². The molecule has 0 aliphatic carbocycles. The summed E-state index contributed by atoms with van der Waals surface area (Å²) in [5.41, 5.74) is 4.29. The molecule has 5 heteroatoms. The molecule has 5 nitrogen and oxygen atoms in total. The normalized spacial score (nSPS) is 10.4. The van der Waals surface area contributed by atoms with Gasteiger partial charge in [-0.2, -0.15) is 5.10 Å². The van der Waals surface area contributed by atoms with Gasteiger partial charge in [-0.1, -0.05) is 18.2 Å². The molecule has 0 aliphatic rings. The van der Waals surface area contributed by atoms with Crippen LogP contribution in [0.3, 0.4) is 0 Å². The van der Waals surface area contributed by atoms with Crippen molar-refractivity contribution in [2.24, 2.45) is 5.10 Å². The minimum absolute atomic E-state index is 0.0756. The Labute approximate surface area is 117 Å². The van der Waals surface area contributed by atoms with E-state index in [9.17, 15) is 4.79 Å². The lowest BCUT2D eigenvalue weighted by molar-refractivity contribution is -0.123. The molecule has 0 fully saturated rings. The van der Waals surface area contributed by atoms with Gasteiger partial charge in [-0.25, -0.2) is 5.43 Å². The number of nitrogens with zero attached hydrogens (tertiary/aromatic N) is 2. The van der Waals surface area contributed by atoms with Crippen LogP contribution < -0.4 is 10.2 Å². The predicted octanol–water partition coefficient (Wildman–Crippen LogP) is 1.92. The highest BCUT2D eigenvalue weighted by atomic mass is 16.5. The Kier molecular flexibility index (Phi) is 4.83. The average molecular weight is 269 g/mol. The van der Waals surface area contributed by atoms with Crippen LogP contribution in [0, 0.1) is 6.92 Å². The van der Waals surface area contributed by atoms with Crippen LogP contribution in [0.4, 0.5) is 0 Å². The fraction of sp³-hybridized carbons (Fsp3) is 0.133. The van der Waals surface area contributed by atoms with Crippen LogP contribution in [0.1, 0.15) is 11.1 Å². The van der Waals surface area contributed by atoms with Gasteiger partial charge < -0.3 is 4.74 Å². The lowest BCUT2D eigenvalue weighted by atomic mass is 10.2. The Morgan fingerprint density at radius 3 is 3.05 bits per heavy atom. The highest BCUT2D eigenvalue weighted by Gasteiger charge is 2.01. The maximum Gasteiger partial charge on any atom is 0.277 e. The number of hydrazone groups is 1. The number of aromatic nitrogens is 1. The number of benzene rings is 1. The average Bonchev–Trinajstić information content (AvgIpc) is 2.46. The number of aryl methyl sites for hydroxylation is 1. The molecule has 1 aromatic heterocycles. The SMILES string of the molecule is Cc1cccc(OCC(=O)NN=Cc2cccnc2)c1. The van der Waals surface area contributed by atoms with E-state index in [1.54, 1.807) is 24.5 Å². The van der Waals surface area contributed by atoms with Crippen LogP contribution >= 0.6 is 0 Å². The van der Waals surface area contributed by atoms with Crippen LogP contribution in [-0.2, 0) is 4.79 Å². The van der Waals surface area contributed by atoms with Gasteiger partial charge in [-0.05, 0) is 30.7 Å². The summed E-state index contributed by atoms with van der Waals surface area (Å²) in [5, 5.41) is 3.83. The molecule has 2 rings (SSSR count). The van der Waals surface area contributed by atoms with Gasteiger partial charge in [0.2, 0.25) is 0 Å². The van der Waals surface area contributed by atoms with Crippen molar-refractivity contribution in [3.8, 4) is 5.75 Å². The lowest BCUT2D eigenvalue weighted by Crippen LogP contribution is -2.24. The number of nitrogens with one attached hydrogen (secondary N) is 1. The van der Waals surface area contributed by atoms with Crippen molar-refractivity contribution in [1.82, 2.24) is 10.4 Å². The Balaban J connectivity index is 1.77. The third-order valence-electron chi connectivity index (χ3n) is 2.45. The molecule has 0 spiro atoms. The Hall–Kier alpha value is -2.69. The number of carbonyl (C=O) groups excluding carboxylic acids is 1. The molecular weight excluding hydrogens is 254 g/mol. The maximum atomic E-state index is 11.5. The second-order valence-corrected chi connectivity index (χ2v) is 4.18. The molecule has 0 radical (unpaired) electrons. The van der Waals surface area contributed by atoms with Crippen LogP contribution in [0.25, 0.3) is 0 Å². The first-order valence-electron chi connectivity index (χ1n) is 6.15. The number of ether oxygens (including phenoxy) is 1. The van der Waals surface area contributed by atoms with E-state index in [4.69, 9.17) is 4.74 Å². The number of hydrogen-bond donors (Lipinski definition) is 1. The largest absolute Gasteiger partial charge is 0.484 e. The highest BCUT2D eigenvalue weighted by molar-refractivity contribution is 5.82. The molecule has 1 aromatic carbocycles. The van der Waals surface area contributed by atoms with Gasteiger partial charge in [-0.3, -0.25) is 9.78 Å².